The summed E-state index contributed by atoms with van der Waals surface area (Å²) in [5.74, 6) is -1.99. The second-order valence-electron chi connectivity index (χ2n) is 24.8. The van der Waals surface area contributed by atoms with Gasteiger partial charge in [0.05, 0.1) is 34.4 Å². The van der Waals surface area contributed by atoms with Crippen molar-refractivity contribution in [2.24, 2.45) is 0 Å². The number of likely N-dealkylation sites (N-methyl/N-ethyl adjacent to an activating group) is 1. The fourth-order valence-corrected chi connectivity index (χ4v) is 10.5. The van der Waals surface area contributed by atoms with E-state index in [0.717, 1.165) is 51.4 Å². The minimum Gasteiger partial charge on any atom is -0.477 e. The first-order valence-electron chi connectivity index (χ1n) is 34.4. The first-order valence-corrected chi connectivity index (χ1v) is 34.4. The number of carboxylic acid groups (broad SMARTS) is 1. The molecule has 0 spiro atoms. The SMILES string of the molecule is CCCCCCC/C=C\CCCCCCCC(=O)OC(COC(=O)CCCCCCCCCCCCCCCCCCCCCCCCCCCCCCCCCCCCCCCCC)COC(OCC[N+](C)(C)C)C(=O)O. The Hall–Kier alpha value is -1.97. The molecule has 0 amide bonds. The van der Waals surface area contributed by atoms with Crippen molar-refractivity contribution in [3.05, 3.63) is 12.2 Å². The monoisotopic (exact) mass is 1110 g/mol. The second kappa shape index (κ2) is 61.1. The standard InChI is InChI=1S/C69H133NO8/c1-6-8-10-12-14-16-18-20-22-23-24-25-26-27-28-29-30-31-32-33-34-35-36-37-38-39-40-41-42-43-44-45-46-48-49-51-53-55-57-59-66(71)76-63-65(64-77-69(68(73)74)75-62-61-70(3,4)5)78-67(72)60-58-56-54-52-50-47-21-19-17-15-13-11-9-7-2/h19,21,65,69H,6-18,20,22-64H2,1-5H3/p+1/b21-19-. The molecule has 9 heteroatoms. The molecular weight excluding hydrogens is 971 g/mol. The van der Waals surface area contributed by atoms with Gasteiger partial charge in [0, 0.05) is 12.8 Å². The Morgan fingerprint density at radius 2 is 0.654 bits per heavy atom. The van der Waals surface area contributed by atoms with Crippen LogP contribution in [0.1, 0.15) is 354 Å². The van der Waals surface area contributed by atoms with Crippen LogP contribution in [-0.4, -0.2) is 87.4 Å². The van der Waals surface area contributed by atoms with Gasteiger partial charge in [-0.2, -0.15) is 0 Å². The van der Waals surface area contributed by atoms with Gasteiger partial charge in [0.1, 0.15) is 13.2 Å². The topological polar surface area (TPSA) is 108 Å². The minimum atomic E-state index is -1.51. The number of nitrogens with zero attached hydrogens (tertiary/aromatic N) is 1. The molecule has 0 rings (SSSR count). The molecule has 0 saturated carbocycles. The van der Waals surface area contributed by atoms with Crippen LogP contribution < -0.4 is 0 Å². The molecule has 1 N–H and O–H groups in total. The van der Waals surface area contributed by atoms with Gasteiger partial charge in [0.2, 0.25) is 0 Å². The van der Waals surface area contributed by atoms with Crippen LogP contribution in [0.3, 0.4) is 0 Å². The van der Waals surface area contributed by atoms with Crippen LogP contribution in [0.5, 0.6) is 0 Å². The van der Waals surface area contributed by atoms with Crippen LogP contribution in [0.4, 0.5) is 0 Å². The van der Waals surface area contributed by atoms with E-state index in [-0.39, 0.29) is 32.2 Å². The molecule has 0 aliphatic heterocycles. The van der Waals surface area contributed by atoms with Crippen molar-refractivity contribution in [1.82, 2.24) is 0 Å². The van der Waals surface area contributed by atoms with Crippen LogP contribution in [0, 0.1) is 0 Å². The molecule has 2 atom stereocenters. The highest BCUT2D eigenvalue weighted by Gasteiger charge is 2.25. The van der Waals surface area contributed by atoms with Gasteiger partial charge in [0.25, 0.3) is 6.29 Å². The lowest BCUT2D eigenvalue weighted by atomic mass is 10.0. The van der Waals surface area contributed by atoms with Gasteiger partial charge in [-0.3, -0.25) is 9.59 Å². The number of ether oxygens (including phenoxy) is 4. The van der Waals surface area contributed by atoms with Crippen LogP contribution in [-0.2, 0) is 33.3 Å². The van der Waals surface area contributed by atoms with E-state index < -0.39 is 24.3 Å². The molecule has 0 aromatic carbocycles. The number of carbonyl (C=O) groups excluding carboxylic acids is 2. The third-order valence-electron chi connectivity index (χ3n) is 15.8. The Kier molecular flexibility index (Phi) is 59.6. The summed E-state index contributed by atoms with van der Waals surface area (Å²) in [6, 6.07) is 0. The van der Waals surface area contributed by atoms with Gasteiger partial charge >= 0.3 is 17.9 Å². The third kappa shape index (κ3) is 61.6. The average Bonchev–Trinajstić information content (AvgIpc) is 3.41. The molecule has 9 nitrogen and oxygen atoms in total. The Labute approximate surface area is 485 Å². The second-order valence-corrected chi connectivity index (χ2v) is 24.8. The molecule has 0 saturated heterocycles. The van der Waals surface area contributed by atoms with Crippen LogP contribution in [0.2, 0.25) is 0 Å². The molecule has 0 aromatic rings. The third-order valence-corrected chi connectivity index (χ3v) is 15.8. The maximum atomic E-state index is 12.8. The molecule has 0 heterocycles. The zero-order valence-corrected chi connectivity index (χ0v) is 52.9. The van der Waals surface area contributed by atoms with Crippen LogP contribution >= 0.6 is 0 Å². The number of aliphatic carboxylic acids is 1. The van der Waals surface area contributed by atoms with Crippen LogP contribution in [0.25, 0.3) is 0 Å². The van der Waals surface area contributed by atoms with Crippen molar-refractivity contribution in [3.63, 3.8) is 0 Å². The van der Waals surface area contributed by atoms with E-state index in [1.54, 1.807) is 0 Å². The fraction of sp³-hybridized carbons (Fsp3) is 0.928. The lowest BCUT2D eigenvalue weighted by Crippen LogP contribution is -2.40. The highest BCUT2D eigenvalue weighted by molar-refractivity contribution is 5.71. The number of allylic oxidation sites excluding steroid dienone is 2. The Morgan fingerprint density at radius 1 is 0.372 bits per heavy atom. The molecule has 0 bridgehead atoms. The number of unbranched alkanes of at least 4 members (excludes halogenated alkanes) is 48. The summed E-state index contributed by atoms with van der Waals surface area (Å²) in [5, 5.41) is 9.70. The number of carboxylic acids is 1. The summed E-state index contributed by atoms with van der Waals surface area (Å²) in [5.41, 5.74) is 0. The van der Waals surface area contributed by atoms with E-state index in [1.165, 1.54) is 270 Å². The number of esters is 2. The molecule has 0 aliphatic carbocycles. The summed E-state index contributed by atoms with van der Waals surface area (Å²) in [7, 11) is 5.98. The summed E-state index contributed by atoms with van der Waals surface area (Å²) < 4.78 is 22.9. The summed E-state index contributed by atoms with van der Waals surface area (Å²) >= 11 is 0. The van der Waals surface area contributed by atoms with Gasteiger partial charge in [0.15, 0.2) is 6.10 Å². The summed E-state index contributed by atoms with van der Waals surface area (Å²) in [4.78, 5) is 37.4. The lowest BCUT2D eigenvalue weighted by Gasteiger charge is -2.25. The molecular formula is C69H134NO8+. The van der Waals surface area contributed by atoms with E-state index in [1.807, 2.05) is 21.1 Å². The number of carbonyl (C=O) groups is 3. The van der Waals surface area contributed by atoms with E-state index >= 15 is 0 Å². The first-order chi connectivity index (χ1) is 38.1. The molecule has 78 heavy (non-hydrogen) atoms. The highest BCUT2D eigenvalue weighted by atomic mass is 16.7. The lowest BCUT2D eigenvalue weighted by molar-refractivity contribution is -0.870. The molecule has 0 aliphatic rings. The first kappa shape index (κ1) is 76.0. The van der Waals surface area contributed by atoms with Crippen molar-refractivity contribution < 1.29 is 42.9 Å². The van der Waals surface area contributed by atoms with Gasteiger partial charge in [-0.25, -0.2) is 4.79 Å². The number of rotatable bonds is 65. The molecule has 0 aromatic heterocycles. The van der Waals surface area contributed by atoms with E-state index in [2.05, 4.69) is 26.0 Å². The zero-order chi connectivity index (χ0) is 56.9. The molecule has 0 fully saturated rings. The van der Waals surface area contributed by atoms with Crippen molar-refractivity contribution >= 4 is 17.9 Å². The van der Waals surface area contributed by atoms with Crippen molar-refractivity contribution in [1.29, 1.82) is 0 Å². The summed E-state index contributed by atoms with van der Waals surface area (Å²) in [6.07, 6.45) is 70.7. The van der Waals surface area contributed by atoms with Crippen LogP contribution in [0.15, 0.2) is 12.2 Å². The van der Waals surface area contributed by atoms with E-state index in [9.17, 15) is 19.5 Å². The maximum absolute atomic E-state index is 12.8. The van der Waals surface area contributed by atoms with E-state index in [0.29, 0.717) is 23.9 Å². The van der Waals surface area contributed by atoms with Gasteiger partial charge in [-0.05, 0) is 38.5 Å². The highest BCUT2D eigenvalue weighted by Crippen LogP contribution is 2.19. The normalized spacial score (nSPS) is 12.7. The zero-order valence-electron chi connectivity index (χ0n) is 52.9. The van der Waals surface area contributed by atoms with Gasteiger partial charge < -0.3 is 28.5 Å². The number of hydrogen-bond acceptors (Lipinski definition) is 7. The predicted octanol–water partition coefficient (Wildman–Crippen LogP) is 20.9. The number of hydrogen-bond donors (Lipinski definition) is 1. The van der Waals surface area contributed by atoms with Gasteiger partial charge in [-0.15, -0.1) is 0 Å². The largest absolute Gasteiger partial charge is 0.477 e. The fourth-order valence-electron chi connectivity index (χ4n) is 10.5. The van der Waals surface area contributed by atoms with E-state index in [4.69, 9.17) is 18.9 Å². The Morgan fingerprint density at radius 3 is 0.949 bits per heavy atom. The van der Waals surface area contributed by atoms with Crippen molar-refractivity contribution in [3.8, 4) is 0 Å². The molecule has 462 valence electrons. The Balaban J connectivity index is 3.86. The van der Waals surface area contributed by atoms with Crippen molar-refractivity contribution in [2.45, 2.75) is 367 Å². The Bertz CT molecular complexity index is 1280. The summed E-state index contributed by atoms with van der Waals surface area (Å²) in [6.45, 7) is 4.91. The average molecular weight is 1110 g/mol. The minimum absolute atomic E-state index is 0.179. The van der Waals surface area contributed by atoms with Crippen molar-refractivity contribution in [2.75, 3.05) is 47.5 Å². The maximum Gasteiger partial charge on any atom is 0.361 e. The van der Waals surface area contributed by atoms with Gasteiger partial charge in [-0.1, -0.05) is 315 Å². The predicted molar refractivity (Wildman–Crippen MR) is 332 cm³/mol. The number of quaternary nitrogens is 1. The molecule has 0 radical (unpaired) electrons. The quantitative estimate of drug-likeness (QED) is 0.0211. The molecule has 2 unspecified atom stereocenters. The smallest absolute Gasteiger partial charge is 0.361 e.